The molecule has 120 valence electrons. The van der Waals surface area contributed by atoms with Crippen molar-refractivity contribution in [3.8, 4) is 6.07 Å². The number of nitrogens with zero attached hydrogens (tertiary/aromatic N) is 5. The molecule has 1 aliphatic heterocycles. The lowest BCUT2D eigenvalue weighted by Gasteiger charge is -2.33. The minimum Gasteiger partial charge on any atom is -0.354 e. The molecule has 1 fully saturated rings. The number of halogens is 3. The molecule has 23 heavy (non-hydrogen) atoms. The Bertz CT molecular complexity index is 731. The Balaban J connectivity index is 1.78. The lowest BCUT2D eigenvalue weighted by Crippen LogP contribution is -2.37. The summed E-state index contributed by atoms with van der Waals surface area (Å²) >= 11 is 0. The third-order valence-corrected chi connectivity index (χ3v) is 3.84. The molecule has 2 aromatic heterocycles. The average molecular weight is 321 g/mol. The van der Waals surface area contributed by atoms with Gasteiger partial charge in [-0.25, -0.2) is 4.98 Å². The second kappa shape index (κ2) is 5.91. The predicted octanol–water partition coefficient (Wildman–Crippen LogP) is 3.01. The van der Waals surface area contributed by atoms with Crippen molar-refractivity contribution in [2.24, 2.45) is 0 Å². The maximum atomic E-state index is 12.7. The van der Waals surface area contributed by atoms with E-state index in [9.17, 15) is 13.2 Å². The van der Waals surface area contributed by atoms with Crippen LogP contribution in [0.25, 0.3) is 0 Å². The molecule has 0 amide bonds. The van der Waals surface area contributed by atoms with Gasteiger partial charge >= 0.3 is 6.18 Å². The van der Waals surface area contributed by atoms with Gasteiger partial charge in [-0.2, -0.15) is 23.5 Å². The summed E-state index contributed by atoms with van der Waals surface area (Å²) < 4.78 is 39.4. The molecule has 2 aromatic rings. The van der Waals surface area contributed by atoms with E-state index in [1.54, 1.807) is 18.2 Å². The Kier molecular flexibility index (Phi) is 3.94. The zero-order valence-corrected chi connectivity index (χ0v) is 12.2. The van der Waals surface area contributed by atoms with Gasteiger partial charge in [0.05, 0.1) is 6.04 Å². The van der Waals surface area contributed by atoms with Gasteiger partial charge in [-0.15, -0.1) is 0 Å². The maximum absolute atomic E-state index is 12.7. The van der Waals surface area contributed by atoms with Crippen LogP contribution in [0.2, 0.25) is 0 Å². The normalized spacial score (nSPS) is 18.7. The zero-order chi connectivity index (χ0) is 16.4. The topological polar surface area (TPSA) is 57.7 Å². The van der Waals surface area contributed by atoms with Gasteiger partial charge in [-0.3, -0.25) is 4.68 Å². The zero-order valence-electron chi connectivity index (χ0n) is 12.2. The van der Waals surface area contributed by atoms with Crippen molar-refractivity contribution >= 4 is 5.82 Å². The van der Waals surface area contributed by atoms with Crippen molar-refractivity contribution in [1.82, 2.24) is 14.8 Å². The maximum Gasteiger partial charge on any atom is 0.435 e. The first-order valence-corrected chi connectivity index (χ1v) is 7.22. The second-order valence-corrected chi connectivity index (χ2v) is 5.41. The van der Waals surface area contributed by atoms with Gasteiger partial charge in [0.15, 0.2) is 5.69 Å². The molecule has 0 spiro atoms. The summed E-state index contributed by atoms with van der Waals surface area (Å²) in [5, 5.41) is 12.6. The lowest BCUT2D eigenvalue weighted by molar-refractivity contribution is -0.141. The van der Waals surface area contributed by atoms with E-state index >= 15 is 0 Å². The number of piperidine rings is 1. The van der Waals surface area contributed by atoms with E-state index < -0.39 is 11.9 Å². The van der Waals surface area contributed by atoms with Crippen molar-refractivity contribution in [3.05, 3.63) is 41.9 Å². The van der Waals surface area contributed by atoms with E-state index in [0.29, 0.717) is 18.1 Å². The lowest BCUT2D eigenvalue weighted by atomic mass is 10.1. The van der Waals surface area contributed by atoms with Crippen LogP contribution in [0.5, 0.6) is 0 Å². The number of hydrogen-bond donors (Lipinski definition) is 0. The third-order valence-electron chi connectivity index (χ3n) is 3.84. The van der Waals surface area contributed by atoms with Crippen LogP contribution in [0.3, 0.4) is 0 Å². The summed E-state index contributed by atoms with van der Waals surface area (Å²) in [5.74, 6) is 0.664. The Morgan fingerprint density at radius 2 is 2.09 bits per heavy atom. The Morgan fingerprint density at radius 3 is 2.78 bits per heavy atom. The van der Waals surface area contributed by atoms with Crippen LogP contribution in [-0.4, -0.2) is 27.9 Å². The van der Waals surface area contributed by atoms with Gasteiger partial charge < -0.3 is 4.90 Å². The van der Waals surface area contributed by atoms with Gasteiger partial charge in [-0.05, 0) is 31.0 Å². The molecule has 1 aliphatic rings. The largest absolute Gasteiger partial charge is 0.435 e. The first kappa shape index (κ1) is 15.3. The molecule has 1 atom stereocenters. The van der Waals surface area contributed by atoms with Crippen LogP contribution in [0.4, 0.5) is 19.0 Å². The molecule has 1 unspecified atom stereocenters. The summed E-state index contributed by atoms with van der Waals surface area (Å²) in [4.78, 5) is 6.22. The van der Waals surface area contributed by atoms with Gasteiger partial charge in [0, 0.05) is 19.3 Å². The Labute approximate surface area is 131 Å². The smallest absolute Gasteiger partial charge is 0.354 e. The van der Waals surface area contributed by atoms with Gasteiger partial charge in [-0.1, -0.05) is 6.07 Å². The summed E-state index contributed by atoms with van der Waals surface area (Å²) in [6, 6.07) is 8.00. The van der Waals surface area contributed by atoms with Crippen LogP contribution >= 0.6 is 0 Å². The molecule has 0 aliphatic carbocycles. The molecule has 1 saturated heterocycles. The van der Waals surface area contributed by atoms with E-state index in [0.717, 1.165) is 25.5 Å². The number of anilines is 1. The monoisotopic (exact) mass is 321 g/mol. The molecule has 0 bridgehead atoms. The summed E-state index contributed by atoms with van der Waals surface area (Å²) in [7, 11) is 0. The number of aromatic nitrogens is 3. The second-order valence-electron chi connectivity index (χ2n) is 5.41. The van der Waals surface area contributed by atoms with E-state index in [1.807, 2.05) is 11.0 Å². The van der Waals surface area contributed by atoms with Crippen LogP contribution in [0.1, 0.15) is 30.3 Å². The minimum absolute atomic E-state index is 0.146. The van der Waals surface area contributed by atoms with Crippen molar-refractivity contribution in [3.63, 3.8) is 0 Å². The standard InChI is InChI=1S/C15H14F3N5/c16-15(17,18)13-6-8-23(21-13)12-4-2-7-22(10-12)14-5-1-3-11(9-19)20-14/h1,3,5-6,8,12H,2,4,7,10H2. The van der Waals surface area contributed by atoms with E-state index in [4.69, 9.17) is 5.26 Å². The first-order valence-electron chi connectivity index (χ1n) is 7.22. The van der Waals surface area contributed by atoms with E-state index in [-0.39, 0.29) is 6.04 Å². The SMILES string of the molecule is N#Cc1cccc(N2CCCC(n3ccc(C(F)(F)F)n3)C2)n1. The molecular formula is C15H14F3N5. The number of hydrogen-bond acceptors (Lipinski definition) is 4. The molecule has 3 rings (SSSR count). The summed E-state index contributed by atoms with van der Waals surface area (Å²) in [5.41, 5.74) is -0.553. The highest BCUT2D eigenvalue weighted by molar-refractivity contribution is 5.42. The fraction of sp³-hybridized carbons (Fsp3) is 0.400. The minimum atomic E-state index is -4.43. The molecule has 0 aromatic carbocycles. The van der Waals surface area contributed by atoms with Gasteiger partial charge in [0.2, 0.25) is 0 Å². The van der Waals surface area contributed by atoms with Gasteiger partial charge in [0.25, 0.3) is 0 Å². The quantitative estimate of drug-likeness (QED) is 0.853. The summed E-state index contributed by atoms with van der Waals surface area (Å²) in [6.07, 6.45) is -1.48. The fourth-order valence-corrected chi connectivity index (χ4v) is 2.73. The molecule has 0 N–H and O–H groups in total. The average Bonchev–Trinajstić information content (AvgIpc) is 3.05. The highest BCUT2D eigenvalue weighted by Crippen LogP contribution is 2.30. The fourth-order valence-electron chi connectivity index (χ4n) is 2.73. The number of alkyl halides is 3. The summed E-state index contributed by atoms with van der Waals surface area (Å²) in [6.45, 7) is 1.27. The molecule has 8 heteroatoms. The first-order chi connectivity index (χ1) is 11.0. The van der Waals surface area contributed by atoms with Crippen molar-refractivity contribution in [1.29, 1.82) is 5.26 Å². The highest BCUT2D eigenvalue weighted by atomic mass is 19.4. The Morgan fingerprint density at radius 1 is 1.26 bits per heavy atom. The molecule has 3 heterocycles. The van der Waals surface area contributed by atoms with Crippen molar-refractivity contribution < 1.29 is 13.2 Å². The van der Waals surface area contributed by atoms with Crippen LogP contribution in [0, 0.1) is 11.3 Å². The molecule has 5 nitrogen and oxygen atoms in total. The van der Waals surface area contributed by atoms with Gasteiger partial charge in [0.1, 0.15) is 17.6 Å². The predicted molar refractivity (Wildman–Crippen MR) is 76.7 cm³/mol. The van der Waals surface area contributed by atoms with Crippen molar-refractivity contribution in [2.45, 2.75) is 25.1 Å². The van der Waals surface area contributed by atoms with Crippen LogP contribution < -0.4 is 4.90 Å². The van der Waals surface area contributed by atoms with Crippen LogP contribution in [0.15, 0.2) is 30.5 Å². The third kappa shape index (κ3) is 3.28. The molecular weight excluding hydrogens is 307 g/mol. The van der Waals surface area contributed by atoms with Crippen LogP contribution in [-0.2, 0) is 6.18 Å². The molecule has 0 radical (unpaired) electrons. The highest BCUT2D eigenvalue weighted by Gasteiger charge is 2.34. The Hall–Kier alpha value is -2.56. The van der Waals surface area contributed by atoms with E-state index in [2.05, 4.69) is 10.1 Å². The van der Waals surface area contributed by atoms with Crippen molar-refractivity contribution in [2.75, 3.05) is 18.0 Å². The molecule has 0 saturated carbocycles. The number of nitriles is 1. The number of pyridine rings is 1. The van der Waals surface area contributed by atoms with E-state index in [1.165, 1.54) is 10.9 Å². The number of rotatable bonds is 2.